The third kappa shape index (κ3) is 4.90. The van der Waals surface area contributed by atoms with Crippen molar-refractivity contribution in [1.82, 2.24) is 10.2 Å². The number of nitrogens with zero attached hydrogens (tertiary/aromatic N) is 2. The number of anilines is 2. The highest BCUT2D eigenvalue weighted by atomic mass is 19.4. The van der Waals surface area contributed by atoms with E-state index >= 15 is 0 Å². The van der Waals surface area contributed by atoms with Crippen LogP contribution in [-0.4, -0.2) is 22.1 Å². The number of carbonyl (C=O) groups is 1. The molecule has 0 bridgehead atoms. The quantitative estimate of drug-likeness (QED) is 0.476. The average Bonchev–Trinajstić information content (AvgIpc) is 3.22. The van der Waals surface area contributed by atoms with Crippen LogP contribution in [0.25, 0.3) is 11.5 Å². The van der Waals surface area contributed by atoms with Gasteiger partial charge in [0.25, 0.3) is 5.91 Å². The minimum absolute atomic E-state index is 0.0666. The number of hydrogen-bond donors (Lipinski definition) is 2. The molecule has 3 aromatic rings. The number of nitrogens with one attached hydrogen (secondary N) is 2. The molecular formula is C22H20F4N4O2. The van der Waals surface area contributed by atoms with Gasteiger partial charge in [-0.2, -0.15) is 13.2 Å². The highest BCUT2D eigenvalue weighted by Gasteiger charge is 2.36. The van der Waals surface area contributed by atoms with Crippen molar-refractivity contribution < 1.29 is 26.8 Å². The Morgan fingerprint density at radius 3 is 2.50 bits per heavy atom. The fraction of sp³-hybridized carbons (Fsp3) is 0.318. The van der Waals surface area contributed by atoms with Crippen molar-refractivity contribution in [3.05, 3.63) is 59.4 Å². The molecule has 0 unspecified atom stereocenters. The summed E-state index contributed by atoms with van der Waals surface area (Å²) in [6.45, 7) is 0. The zero-order valence-corrected chi connectivity index (χ0v) is 16.9. The van der Waals surface area contributed by atoms with Crippen molar-refractivity contribution in [3.63, 3.8) is 0 Å². The number of amides is 1. The maximum Gasteiger partial charge on any atom is 0.417 e. The van der Waals surface area contributed by atoms with Crippen LogP contribution in [0.5, 0.6) is 0 Å². The third-order valence-electron chi connectivity index (χ3n) is 5.29. The zero-order chi connectivity index (χ0) is 22.7. The number of hydrogen-bond acceptors (Lipinski definition) is 5. The fourth-order valence-electron chi connectivity index (χ4n) is 3.70. The number of halogens is 4. The molecular weight excluding hydrogens is 428 g/mol. The molecule has 0 aliphatic heterocycles. The first-order chi connectivity index (χ1) is 15.3. The van der Waals surface area contributed by atoms with Crippen molar-refractivity contribution in [2.75, 3.05) is 10.6 Å². The standard InChI is InChI=1S/C22H20F4N4O2/c23-18-9-5-4-8-16(18)19(31)27-14-10-11-15(17(12-14)22(24,25)26)20-29-30-21(32-20)28-13-6-2-1-3-7-13/h4-5,8-13H,1-3,6-7H2,(H,27,31)(H,28,30). The van der Waals surface area contributed by atoms with Gasteiger partial charge in [0, 0.05) is 11.7 Å². The summed E-state index contributed by atoms with van der Waals surface area (Å²) in [5, 5.41) is 13.0. The van der Waals surface area contributed by atoms with E-state index in [1.807, 2.05) is 0 Å². The monoisotopic (exact) mass is 448 g/mol. The fourth-order valence-corrected chi connectivity index (χ4v) is 3.70. The van der Waals surface area contributed by atoms with E-state index in [0.717, 1.165) is 50.3 Å². The molecule has 2 aromatic carbocycles. The number of aromatic nitrogens is 2. The summed E-state index contributed by atoms with van der Waals surface area (Å²) in [7, 11) is 0. The maximum absolute atomic E-state index is 13.8. The van der Waals surface area contributed by atoms with E-state index in [1.165, 1.54) is 24.3 Å². The normalized spacial score (nSPS) is 14.9. The van der Waals surface area contributed by atoms with E-state index in [2.05, 4.69) is 20.8 Å². The average molecular weight is 448 g/mol. The van der Waals surface area contributed by atoms with Crippen LogP contribution >= 0.6 is 0 Å². The lowest BCUT2D eigenvalue weighted by Gasteiger charge is -2.21. The number of carbonyl (C=O) groups excluding carboxylic acids is 1. The van der Waals surface area contributed by atoms with Crippen LogP contribution in [0.4, 0.5) is 29.3 Å². The first-order valence-corrected chi connectivity index (χ1v) is 10.2. The molecule has 1 fully saturated rings. The Kier molecular flexibility index (Phi) is 6.11. The molecule has 1 aromatic heterocycles. The number of alkyl halides is 3. The minimum atomic E-state index is -4.75. The molecule has 1 aliphatic carbocycles. The van der Waals surface area contributed by atoms with Gasteiger partial charge in [0.05, 0.1) is 16.7 Å². The molecule has 32 heavy (non-hydrogen) atoms. The summed E-state index contributed by atoms with van der Waals surface area (Å²) in [6.07, 6.45) is 0.402. The van der Waals surface area contributed by atoms with Gasteiger partial charge in [-0.3, -0.25) is 4.79 Å². The van der Waals surface area contributed by atoms with Gasteiger partial charge in [-0.15, -0.1) is 5.10 Å². The van der Waals surface area contributed by atoms with Crippen molar-refractivity contribution in [1.29, 1.82) is 0 Å². The Labute approximate surface area is 181 Å². The highest BCUT2D eigenvalue weighted by molar-refractivity contribution is 6.04. The molecule has 1 heterocycles. The predicted molar refractivity (Wildman–Crippen MR) is 110 cm³/mol. The molecule has 2 N–H and O–H groups in total. The summed E-state index contributed by atoms with van der Waals surface area (Å²) in [6, 6.07) is 8.57. The van der Waals surface area contributed by atoms with E-state index < -0.39 is 23.5 Å². The van der Waals surface area contributed by atoms with E-state index in [0.29, 0.717) is 0 Å². The summed E-state index contributed by atoms with van der Waals surface area (Å²) in [4.78, 5) is 12.3. The SMILES string of the molecule is O=C(Nc1ccc(-c2nnc(NC3CCCCC3)o2)c(C(F)(F)F)c1)c1ccccc1F. The molecule has 10 heteroatoms. The van der Waals surface area contributed by atoms with Crippen LogP contribution in [-0.2, 0) is 6.18 Å². The van der Waals surface area contributed by atoms with Crippen LogP contribution in [0.3, 0.4) is 0 Å². The van der Waals surface area contributed by atoms with Gasteiger partial charge < -0.3 is 15.1 Å². The summed E-state index contributed by atoms with van der Waals surface area (Å²) >= 11 is 0. The molecule has 0 spiro atoms. The van der Waals surface area contributed by atoms with Crippen LogP contribution < -0.4 is 10.6 Å². The second-order valence-corrected chi connectivity index (χ2v) is 7.58. The van der Waals surface area contributed by atoms with Gasteiger partial charge in [0.1, 0.15) is 5.82 Å². The van der Waals surface area contributed by atoms with Gasteiger partial charge in [0.2, 0.25) is 5.89 Å². The van der Waals surface area contributed by atoms with Crippen molar-refractivity contribution in [2.24, 2.45) is 0 Å². The lowest BCUT2D eigenvalue weighted by Crippen LogP contribution is -2.22. The van der Waals surface area contributed by atoms with Crippen molar-refractivity contribution in [3.8, 4) is 11.5 Å². The molecule has 1 amide bonds. The zero-order valence-electron chi connectivity index (χ0n) is 16.9. The van der Waals surface area contributed by atoms with E-state index in [9.17, 15) is 22.4 Å². The van der Waals surface area contributed by atoms with Gasteiger partial charge >= 0.3 is 12.2 Å². The summed E-state index contributed by atoms with van der Waals surface area (Å²) < 4.78 is 60.5. The Morgan fingerprint density at radius 1 is 1.03 bits per heavy atom. The van der Waals surface area contributed by atoms with Crippen LogP contribution in [0.2, 0.25) is 0 Å². The van der Waals surface area contributed by atoms with Crippen LogP contribution in [0.1, 0.15) is 48.0 Å². The maximum atomic E-state index is 13.8. The topological polar surface area (TPSA) is 80.0 Å². The van der Waals surface area contributed by atoms with Crippen LogP contribution in [0, 0.1) is 5.82 Å². The predicted octanol–water partition coefficient (Wildman–Crippen LogP) is 5.89. The van der Waals surface area contributed by atoms with E-state index in [-0.39, 0.29) is 34.8 Å². The lowest BCUT2D eigenvalue weighted by molar-refractivity contribution is -0.137. The van der Waals surface area contributed by atoms with Gasteiger partial charge in [-0.05, 0) is 43.2 Å². The van der Waals surface area contributed by atoms with Gasteiger partial charge in [-0.1, -0.05) is 36.5 Å². The first-order valence-electron chi connectivity index (χ1n) is 10.2. The smallest absolute Gasteiger partial charge is 0.403 e. The highest BCUT2D eigenvalue weighted by Crippen LogP contribution is 2.38. The summed E-state index contributed by atoms with van der Waals surface area (Å²) in [5.74, 6) is -1.93. The summed E-state index contributed by atoms with van der Waals surface area (Å²) in [5.41, 5.74) is -1.79. The molecule has 1 saturated carbocycles. The number of benzene rings is 2. The molecule has 0 radical (unpaired) electrons. The Balaban J connectivity index is 1.58. The first kappa shape index (κ1) is 21.8. The molecule has 168 valence electrons. The van der Waals surface area contributed by atoms with Crippen molar-refractivity contribution in [2.45, 2.75) is 44.3 Å². The van der Waals surface area contributed by atoms with E-state index in [1.54, 1.807) is 0 Å². The number of rotatable bonds is 5. The molecule has 4 rings (SSSR count). The van der Waals surface area contributed by atoms with Crippen LogP contribution in [0.15, 0.2) is 46.9 Å². The van der Waals surface area contributed by atoms with Crippen molar-refractivity contribution >= 4 is 17.6 Å². The Hall–Kier alpha value is -3.43. The second-order valence-electron chi connectivity index (χ2n) is 7.58. The van der Waals surface area contributed by atoms with Gasteiger partial charge in [-0.25, -0.2) is 4.39 Å². The second kappa shape index (κ2) is 8.97. The Morgan fingerprint density at radius 2 is 1.78 bits per heavy atom. The largest absolute Gasteiger partial charge is 0.417 e. The molecule has 6 nitrogen and oxygen atoms in total. The molecule has 0 atom stereocenters. The van der Waals surface area contributed by atoms with Gasteiger partial charge in [0.15, 0.2) is 0 Å². The minimum Gasteiger partial charge on any atom is -0.403 e. The molecule has 0 saturated heterocycles. The molecule has 1 aliphatic rings. The Bertz CT molecular complexity index is 1110. The van der Waals surface area contributed by atoms with E-state index in [4.69, 9.17) is 4.42 Å². The lowest BCUT2D eigenvalue weighted by atomic mass is 9.96. The third-order valence-corrected chi connectivity index (χ3v) is 5.29.